The van der Waals surface area contributed by atoms with Crippen molar-refractivity contribution in [3.05, 3.63) is 23.9 Å². The smallest absolute Gasteiger partial charge is 0.128 e. The van der Waals surface area contributed by atoms with E-state index in [1.807, 2.05) is 6.20 Å². The van der Waals surface area contributed by atoms with E-state index in [-0.39, 0.29) is 0 Å². The van der Waals surface area contributed by atoms with Gasteiger partial charge in [-0.15, -0.1) is 11.6 Å². The van der Waals surface area contributed by atoms with Gasteiger partial charge in [0.25, 0.3) is 0 Å². The Labute approximate surface area is 103 Å². The van der Waals surface area contributed by atoms with Crippen LogP contribution in [0.25, 0.3) is 0 Å². The third kappa shape index (κ3) is 2.67. The van der Waals surface area contributed by atoms with Crippen LogP contribution in [0, 0.1) is 5.92 Å². The summed E-state index contributed by atoms with van der Waals surface area (Å²) in [6, 6.07) is 4.16. The maximum absolute atomic E-state index is 5.75. The summed E-state index contributed by atoms with van der Waals surface area (Å²) in [4.78, 5) is 6.85. The Bertz CT molecular complexity index is 323. The fourth-order valence-corrected chi connectivity index (χ4v) is 2.53. The van der Waals surface area contributed by atoms with Crippen molar-refractivity contribution in [2.24, 2.45) is 5.92 Å². The van der Waals surface area contributed by atoms with E-state index >= 15 is 0 Å². The molecule has 0 N–H and O–H groups in total. The summed E-state index contributed by atoms with van der Waals surface area (Å²) < 4.78 is 0. The van der Waals surface area contributed by atoms with Crippen molar-refractivity contribution in [3.63, 3.8) is 0 Å². The molecule has 2 rings (SSSR count). The zero-order chi connectivity index (χ0) is 11.4. The summed E-state index contributed by atoms with van der Waals surface area (Å²) in [7, 11) is 0. The second kappa shape index (κ2) is 5.53. The standard InChI is InChI=1S/C13H19ClN2/c1-2-3-11-6-7-16(10-11)13-5-4-12(8-14)9-15-13/h4-5,9,11H,2-3,6-8,10H2,1H3. The SMILES string of the molecule is CCCC1CCN(c2ccc(CCl)cn2)C1. The van der Waals surface area contributed by atoms with Gasteiger partial charge < -0.3 is 4.90 Å². The molecular weight excluding hydrogens is 220 g/mol. The van der Waals surface area contributed by atoms with E-state index < -0.39 is 0 Å². The normalized spacial score (nSPS) is 20.4. The molecule has 1 aromatic rings. The number of pyridine rings is 1. The molecule has 0 saturated carbocycles. The van der Waals surface area contributed by atoms with Crippen LogP contribution in [-0.2, 0) is 5.88 Å². The fourth-order valence-electron chi connectivity index (χ4n) is 2.37. The first-order chi connectivity index (χ1) is 7.83. The van der Waals surface area contributed by atoms with E-state index in [0.717, 1.165) is 23.8 Å². The highest BCUT2D eigenvalue weighted by Gasteiger charge is 2.22. The van der Waals surface area contributed by atoms with Gasteiger partial charge in [0.2, 0.25) is 0 Å². The average molecular weight is 239 g/mol. The number of nitrogens with zero attached hydrogens (tertiary/aromatic N) is 2. The van der Waals surface area contributed by atoms with Crippen molar-refractivity contribution in [3.8, 4) is 0 Å². The third-order valence-corrected chi connectivity index (χ3v) is 3.58. The first kappa shape index (κ1) is 11.7. The van der Waals surface area contributed by atoms with Gasteiger partial charge in [-0.2, -0.15) is 0 Å². The maximum atomic E-state index is 5.75. The highest BCUT2D eigenvalue weighted by atomic mass is 35.5. The Morgan fingerprint density at radius 2 is 2.38 bits per heavy atom. The third-order valence-electron chi connectivity index (χ3n) is 3.27. The highest BCUT2D eigenvalue weighted by molar-refractivity contribution is 6.17. The minimum absolute atomic E-state index is 0.547. The van der Waals surface area contributed by atoms with Crippen molar-refractivity contribution in [1.29, 1.82) is 0 Å². The van der Waals surface area contributed by atoms with E-state index in [1.54, 1.807) is 0 Å². The van der Waals surface area contributed by atoms with Crippen molar-refractivity contribution in [1.82, 2.24) is 4.98 Å². The minimum atomic E-state index is 0.547. The predicted octanol–water partition coefficient (Wildman–Crippen LogP) is 3.45. The largest absolute Gasteiger partial charge is 0.356 e. The molecule has 1 aromatic heterocycles. The molecule has 1 unspecified atom stereocenters. The molecule has 16 heavy (non-hydrogen) atoms. The number of hydrogen-bond donors (Lipinski definition) is 0. The summed E-state index contributed by atoms with van der Waals surface area (Å²) in [5.74, 6) is 2.51. The molecule has 1 aliphatic rings. The lowest BCUT2D eigenvalue weighted by Crippen LogP contribution is -2.20. The lowest BCUT2D eigenvalue weighted by atomic mass is 10.0. The molecule has 1 aliphatic heterocycles. The van der Waals surface area contributed by atoms with Crippen LogP contribution in [0.2, 0.25) is 0 Å². The average Bonchev–Trinajstić information content (AvgIpc) is 2.78. The Morgan fingerprint density at radius 1 is 1.50 bits per heavy atom. The van der Waals surface area contributed by atoms with Crippen molar-refractivity contribution < 1.29 is 0 Å². The molecule has 1 atom stereocenters. The van der Waals surface area contributed by atoms with Crippen LogP contribution in [-0.4, -0.2) is 18.1 Å². The van der Waals surface area contributed by atoms with Crippen LogP contribution in [0.5, 0.6) is 0 Å². The second-order valence-corrected chi connectivity index (χ2v) is 4.81. The van der Waals surface area contributed by atoms with E-state index in [4.69, 9.17) is 11.6 Å². The van der Waals surface area contributed by atoms with Crippen molar-refractivity contribution in [2.45, 2.75) is 32.1 Å². The molecule has 1 saturated heterocycles. The molecule has 0 aromatic carbocycles. The van der Waals surface area contributed by atoms with Gasteiger partial charge in [0.05, 0.1) is 0 Å². The monoisotopic (exact) mass is 238 g/mol. The zero-order valence-corrected chi connectivity index (χ0v) is 10.6. The first-order valence-corrected chi connectivity index (χ1v) is 6.62. The Hall–Kier alpha value is -0.760. The summed E-state index contributed by atoms with van der Waals surface area (Å²) >= 11 is 5.75. The number of aromatic nitrogens is 1. The van der Waals surface area contributed by atoms with Gasteiger partial charge in [0, 0.05) is 25.2 Å². The van der Waals surface area contributed by atoms with Gasteiger partial charge in [-0.05, 0) is 30.4 Å². The number of halogens is 1. The number of alkyl halides is 1. The fraction of sp³-hybridized carbons (Fsp3) is 0.615. The van der Waals surface area contributed by atoms with Crippen LogP contribution < -0.4 is 4.90 Å². The second-order valence-electron chi connectivity index (χ2n) is 4.55. The maximum Gasteiger partial charge on any atom is 0.128 e. The molecule has 2 heterocycles. The number of hydrogen-bond acceptors (Lipinski definition) is 2. The van der Waals surface area contributed by atoms with Crippen LogP contribution in [0.3, 0.4) is 0 Å². The van der Waals surface area contributed by atoms with Gasteiger partial charge in [-0.25, -0.2) is 4.98 Å². The topological polar surface area (TPSA) is 16.1 Å². The molecule has 0 amide bonds. The van der Waals surface area contributed by atoms with Gasteiger partial charge in [0.1, 0.15) is 5.82 Å². The molecular formula is C13H19ClN2. The minimum Gasteiger partial charge on any atom is -0.356 e. The molecule has 3 heteroatoms. The van der Waals surface area contributed by atoms with Gasteiger partial charge >= 0.3 is 0 Å². The quantitative estimate of drug-likeness (QED) is 0.747. The predicted molar refractivity (Wildman–Crippen MR) is 69.0 cm³/mol. The Kier molecular flexibility index (Phi) is 4.05. The van der Waals surface area contributed by atoms with Gasteiger partial charge in [0.15, 0.2) is 0 Å². The molecule has 88 valence electrons. The first-order valence-electron chi connectivity index (χ1n) is 6.09. The zero-order valence-electron chi connectivity index (χ0n) is 9.82. The molecule has 0 bridgehead atoms. The Balaban J connectivity index is 1.97. The summed E-state index contributed by atoms with van der Waals surface area (Å²) in [6.07, 6.45) is 5.83. The van der Waals surface area contributed by atoms with E-state index in [1.165, 1.54) is 25.8 Å². The highest BCUT2D eigenvalue weighted by Crippen LogP contribution is 2.25. The molecule has 0 radical (unpaired) electrons. The van der Waals surface area contributed by atoms with Gasteiger partial charge in [-0.3, -0.25) is 0 Å². The molecule has 2 nitrogen and oxygen atoms in total. The molecule has 1 fully saturated rings. The summed E-state index contributed by atoms with van der Waals surface area (Å²) in [6.45, 7) is 4.58. The van der Waals surface area contributed by atoms with E-state index in [2.05, 4.69) is 28.9 Å². The lowest BCUT2D eigenvalue weighted by molar-refractivity contribution is 0.529. The van der Waals surface area contributed by atoms with Crippen LogP contribution in [0.4, 0.5) is 5.82 Å². The summed E-state index contributed by atoms with van der Waals surface area (Å²) in [5, 5.41) is 0. The summed E-state index contributed by atoms with van der Waals surface area (Å²) in [5.41, 5.74) is 1.09. The van der Waals surface area contributed by atoms with E-state index in [0.29, 0.717) is 5.88 Å². The van der Waals surface area contributed by atoms with Gasteiger partial charge in [-0.1, -0.05) is 19.4 Å². The van der Waals surface area contributed by atoms with Crippen molar-refractivity contribution >= 4 is 17.4 Å². The Morgan fingerprint density at radius 3 is 3.00 bits per heavy atom. The van der Waals surface area contributed by atoms with E-state index in [9.17, 15) is 0 Å². The van der Waals surface area contributed by atoms with Crippen molar-refractivity contribution in [2.75, 3.05) is 18.0 Å². The number of anilines is 1. The lowest BCUT2D eigenvalue weighted by Gasteiger charge is -2.17. The van der Waals surface area contributed by atoms with Crippen LogP contribution in [0.15, 0.2) is 18.3 Å². The van der Waals surface area contributed by atoms with Crippen LogP contribution in [0.1, 0.15) is 31.7 Å². The molecule has 0 aliphatic carbocycles. The molecule has 0 spiro atoms. The van der Waals surface area contributed by atoms with Crippen LogP contribution >= 0.6 is 11.6 Å². The number of rotatable bonds is 4.